The maximum absolute atomic E-state index is 5.07. The average molecular weight is 195 g/mol. The van der Waals surface area contributed by atoms with Crippen LogP contribution in [0.4, 0.5) is 0 Å². The standard InChI is InChI=1S/C9H13N3S/c1-12-9(13)10-8(11-12)7-5-3-2-4-6(5)7/h5-7H,2-4H2,1H3,(H,10,11,13). The molecule has 0 aromatic carbocycles. The smallest absolute Gasteiger partial charge is 0.215 e. The lowest BCUT2D eigenvalue weighted by molar-refractivity contribution is 0.646. The number of hydrogen-bond donors (Lipinski definition) is 1. The Morgan fingerprint density at radius 1 is 1.46 bits per heavy atom. The molecule has 0 spiro atoms. The molecule has 0 radical (unpaired) electrons. The summed E-state index contributed by atoms with van der Waals surface area (Å²) >= 11 is 5.07. The van der Waals surface area contributed by atoms with E-state index in [0.717, 1.165) is 17.7 Å². The van der Waals surface area contributed by atoms with Crippen LogP contribution in [-0.4, -0.2) is 14.8 Å². The molecule has 3 rings (SSSR count). The molecule has 2 saturated carbocycles. The molecule has 70 valence electrons. The van der Waals surface area contributed by atoms with Gasteiger partial charge in [-0.3, -0.25) is 9.78 Å². The molecule has 2 unspecified atom stereocenters. The van der Waals surface area contributed by atoms with E-state index in [1.54, 1.807) is 0 Å². The molecule has 0 bridgehead atoms. The van der Waals surface area contributed by atoms with Gasteiger partial charge in [-0.2, -0.15) is 0 Å². The van der Waals surface area contributed by atoms with Crippen molar-refractivity contribution in [1.29, 1.82) is 0 Å². The highest BCUT2D eigenvalue weighted by atomic mass is 32.1. The van der Waals surface area contributed by atoms with Crippen molar-refractivity contribution in [3.05, 3.63) is 10.6 Å². The fourth-order valence-corrected chi connectivity index (χ4v) is 2.94. The van der Waals surface area contributed by atoms with E-state index in [-0.39, 0.29) is 0 Å². The second kappa shape index (κ2) is 2.44. The number of fused-ring (bicyclic) bond motifs is 1. The fourth-order valence-electron chi connectivity index (χ4n) is 2.80. The van der Waals surface area contributed by atoms with Gasteiger partial charge in [0.05, 0.1) is 0 Å². The zero-order valence-corrected chi connectivity index (χ0v) is 8.47. The second-order valence-electron chi connectivity index (χ2n) is 4.23. The Bertz CT molecular complexity index is 382. The minimum atomic E-state index is 0.681. The molecule has 2 aliphatic carbocycles. The zero-order chi connectivity index (χ0) is 9.00. The summed E-state index contributed by atoms with van der Waals surface area (Å²) in [6, 6.07) is 0. The van der Waals surface area contributed by atoms with Gasteiger partial charge in [0.25, 0.3) is 0 Å². The summed E-state index contributed by atoms with van der Waals surface area (Å²) in [5, 5.41) is 3.24. The van der Waals surface area contributed by atoms with Crippen LogP contribution in [0.2, 0.25) is 0 Å². The van der Waals surface area contributed by atoms with E-state index < -0.39 is 0 Å². The first-order valence-corrected chi connectivity index (χ1v) is 5.31. The van der Waals surface area contributed by atoms with E-state index in [9.17, 15) is 0 Å². The number of aromatic amines is 1. The zero-order valence-electron chi connectivity index (χ0n) is 7.66. The molecule has 2 aliphatic rings. The fraction of sp³-hybridized carbons (Fsp3) is 0.778. The Labute approximate surface area is 82.2 Å². The molecule has 1 heterocycles. The van der Waals surface area contributed by atoms with Gasteiger partial charge in [-0.15, -0.1) is 0 Å². The molecule has 2 fully saturated rings. The van der Waals surface area contributed by atoms with Crippen molar-refractivity contribution in [3.8, 4) is 0 Å². The van der Waals surface area contributed by atoms with E-state index in [4.69, 9.17) is 12.2 Å². The quantitative estimate of drug-likeness (QED) is 0.695. The number of nitrogens with one attached hydrogen (secondary N) is 1. The van der Waals surface area contributed by atoms with E-state index in [1.807, 2.05) is 11.7 Å². The van der Waals surface area contributed by atoms with E-state index in [0.29, 0.717) is 10.7 Å². The van der Waals surface area contributed by atoms with Crippen molar-refractivity contribution in [2.24, 2.45) is 18.9 Å². The predicted molar refractivity (Wildman–Crippen MR) is 52.0 cm³/mol. The summed E-state index contributed by atoms with van der Waals surface area (Å²) in [4.78, 5) is 4.38. The van der Waals surface area contributed by atoms with Crippen molar-refractivity contribution >= 4 is 12.2 Å². The lowest BCUT2D eigenvalue weighted by Crippen LogP contribution is -1.93. The molecular formula is C9H13N3S. The molecule has 0 amide bonds. The second-order valence-corrected chi connectivity index (χ2v) is 4.60. The van der Waals surface area contributed by atoms with Gasteiger partial charge in [-0.05, 0) is 36.9 Å². The molecule has 1 aromatic heterocycles. The van der Waals surface area contributed by atoms with Crippen LogP contribution in [0, 0.1) is 16.6 Å². The number of hydrogen-bond acceptors (Lipinski definition) is 2. The Morgan fingerprint density at radius 3 is 2.69 bits per heavy atom. The van der Waals surface area contributed by atoms with Crippen LogP contribution in [0.15, 0.2) is 0 Å². The minimum Gasteiger partial charge on any atom is -0.283 e. The summed E-state index contributed by atoms with van der Waals surface area (Å²) < 4.78 is 2.51. The van der Waals surface area contributed by atoms with Crippen LogP contribution in [-0.2, 0) is 7.05 Å². The maximum Gasteiger partial charge on any atom is 0.215 e. The number of rotatable bonds is 1. The summed E-state index contributed by atoms with van der Waals surface area (Å²) in [5.41, 5.74) is 0. The molecule has 0 saturated heterocycles. The first-order valence-electron chi connectivity index (χ1n) is 4.90. The van der Waals surface area contributed by atoms with E-state index >= 15 is 0 Å². The van der Waals surface area contributed by atoms with E-state index in [2.05, 4.69) is 10.1 Å². The normalized spacial score (nSPS) is 36.2. The number of H-pyrrole nitrogens is 1. The highest BCUT2D eigenvalue weighted by molar-refractivity contribution is 7.71. The first-order chi connectivity index (χ1) is 6.27. The topological polar surface area (TPSA) is 33.6 Å². The highest BCUT2D eigenvalue weighted by Gasteiger charge is 2.54. The highest BCUT2D eigenvalue weighted by Crippen LogP contribution is 2.62. The van der Waals surface area contributed by atoms with E-state index in [1.165, 1.54) is 19.3 Å². The largest absolute Gasteiger partial charge is 0.283 e. The van der Waals surface area contributed by atoms with Gasteiger partial charge in [0.2, 0.25) is 4.77 Å². The molecule has 4 heteroatoms. The third-order valence-corrected chi connectivity index (χ3v) is 3.87. The molecule has 0 aliphatic heterocycles. The molecular weight excluding hydrogens is 182 g/mol. The molecule has 2 atom stereocenters. The van der Waals surface area contributed by atoms with Gasteiger partial charge in [0.15, 0.2) is 0 Å². The predicted octanol–water partition coefficient (Wildman–Crippen LogP) is 1.99. The Morgan fingerprint density at radius 2 is 2.15 bits per heavy atom. The summed E-state index contributed by atoms with van der Waals surface area (Å²) in [5.74, 6) is 3.67. The molecule has 13 heavy (non-hydrogen) atoms. The third-order valence-electron chi connectivity index (χ3n) is 3.51. The molecule has 1 aromatic rings. The van der Waals surface area contributed by atoms with Gasteiger partial charge in [-0.1, -0.05) is 6.42 Å². The third kappa shape index (κ3) is 1.01. The minimum absolute atomic E-state index is 0.681. The van der Waals surface area contributed by atoms with Crippen LogP contribution >= 0.6 is 12.2 Å². The summed E-state index contributed by atoms with van der Waals surface area (Å²) in [6.07, 6.45) is 4.21. The van der Waals surface area contributed by atoms with Gasteiger partial charge >= 0.3 is 0 Å². The molecule has 1 N–H and O–H groups in total. The van der Waals surface area contributed by atoms with Gasteiger partial charge in [0.1, 0.15) is 5.82 Å². The summed E-state index contributed by atoms with van der Waals surface area (Å²) in [6.45, 7) is 0. The van der Waals surface area contributed by atoms with Crippen molar-refractivity contribution in [2.45, 2.75) is 25.2 Å². The molecule has 3 nitrogen and oxygen atoms in total. The average Bonchev–Trinajstić information content (AvgIpc) is 2.44. The Hall–Kier alpha value is -0.640. The van der Waals surface area contributed by atoms with Crippen LogP contribution in [0.3, 0.4) is 0 Å². The lowest BCUT2D eigenvalue weighted by Gasteiger charge is -1.97. The van der Waals surface area contributed by atoms with Crippen molar-refractivity contribution in [2.75, 3.05) is 0 Å². The Balaban J connectivity index is 1.91. The van der Waals surface area contributed by atoms with Crippen molar-refractivity contribution < 1.29 is 0 Å². The van der Waals surface area contributed by atoms with Crippen LogP contribution < -0.4 is 0 Å². The van der Waals surface area contributed by atoms with Crippen molar-refractivity contribution in [1.82, 2.24) is 14.8 Å². The van der Waals surface area contributed by atoms with Crippen LogP contribution in [0.1, 0.15) is 31.0 Å². The number of nitrogens with zero attached hydrogens (tertiary/aromatic N) is 2. The number of aryl methyl sites for hydroxylation is 1. The SMILES string of the molecule is Cn1[nH]c(C2C3CCCC32)nc1=S. The first kappa shape index (κ1) is 7.74. The van der Waals surface area contributed by atoms with Gasteiger partial charge in [-0.25, -0.2) is 4.98 Å². The Kier molecular flexibility index (Phi) is 1.45. The van der Waals surface area contributed by atoms with Gasteiger partial charge in [0, 0.05) is 13.0 Å². The lowest BCUT2D eigenvalue weighted by atomic mass is 10.1. The monoisotopic (exact) mass is 195 g/mol. The summed E-state index contributed by atoms with van der Waals surface area (Å²) in [7, 11) is 1.93. The maximum atomic E-state index is 5.07. The van der Waals surface area contributed by atoms with Crippen LogP contribution in [0.5, 0.6) is 0 Å². The number of aromatic nitrogens is 3. The van der Waals surface area contributed by atoms with Crippen molar-refractivity contribution in [3.63, 3.8) is 0 Å². The van der Waals surface area contributed by atoms with Crippen LogP contribution in [0.25, 0.3) is 0 Å². The van der Waals surface area contributed by atoms with Gasteiger partial charge < -0.3 is 0 Å².